The van der Waals surface area contributed by atoms with Gasteiger partial charge in [0, 0.05) is 23.4 Å². The molecule has 0 saturated heterocycles. The molecule has 1 amide bonds. The molecule has 1 aromatic heterocycles. The van der Waals surface area contributed by atoms with Crippen molar-refractivity contribution in [2.24, 2.45) is 0 Å². The molecule has 1 aliphatic rings. The molecule has 2 N–H and O–H groups in total. The summed E-state index contributed by atoms with van der Waals surface area (Å²) in [7, 11) is 0. The number of rotatable bonds is 5. The summed E-state index contributed by atoms with van der Waals surface area (Å²) >= 11 is 0. The summed E-state index contributed by atoms with van der Waals surface area (Å²) in [6.07, 6.45) is 2.08. The van der Waals surface area contributed by atoms with E-state index in [1.165, 1.54) is 5.56 Å². The number of aryl methyl sites for hydroxylation is 1. The number of anilines is 2. The van der Waals surface area contributed by atoms with Gasteiger partial charge in [0.25, 0.3) is 5.91 Å². The maximum Gasteiger partial charge on any atom is 0.270 e. The fourth-order valence-electron chi connectivity index (χ4n) is 2.86. The molecule has 136 valence electrons. The number of aromatic nitrogens is 2. The van der Waals surface area contributed by atoms with Crippen LogP contribution in [0.1, 0.15) is 34.5 Å². The summed E-state index contributed by atoms with van der Waals surface area (Å²) in [5.74, 6) is 0.992. The molecule has 0 aliphatic heterocycles. The normalized spacial score (nSPS) is 13.3. The Balaban J connectivity index is 1.73. The Morgan fingerprint density at radius 1 is 1.00 bits per heavy atom. The standard InChI is InChI=1S/C22H22N4O/c1-14-7-6-10-18(15(14)2)24-20-13-19(22(27)23-17-11-12-17)25-21(26-20)16-8-4-3-5-9-16/h3-10,13,17H,11-12H2,1-2H3,(H,23,27)(H,24,25,26). The molecule has 5 nitrogen and oxygen atoms in total. The van der Waals surface area contributed by atoms with E-state index in [9.17, 15) is 4.79 Å². The first-order valence-electron chi connectivity index (χ1n) is 9.19. The van der Waals surface area contributed by atoms with Crippen molar-refractivity contribution in [3.63, 3.8) is 0 Å². The van der Waals surface area contributed by atoms with E-state index in [1.807, 2.05) is 42.5 Å². The zero-order valence-corrected chi connectivity index (χ0v) is 15.5. The quantitative estimate of drug-likeness (QED) is 0.709. The minimum Gasteiger partial charge on any atom is -0.348 e. The number of amides is 1. The highest BCUT2D eigenvalue weighted by molar-refractivity contribution is 5.94. The summed E-state index contributed by atoms with van der Waals surface area (Å²) in [5, 5.41) is 6.36. The van der Waals surface area contributed by atoms with Gasteiger partial charge >= 0.3 is 0 Å². The van der Waals surface area contributed by atoms with Gasteiger partial charge < -0.3 is 10.6 Å². The summed E-state index contributed by atoms with van der Waals surface area (Å²) in [6.45, 7) is 4.14. The number of carbonyl (C=O) groups excluding carboxylic acids is 1. The van der Waals surface area contributed by atoms with E-state index in [-0.39, 0.29) is 11.9 Å². The van der Waals surface area contributed by atoms with E-state index < -0.39 is 0 Å². The van der Waals surface area contributed by atoms with Gasteiger partial charge in [-0.15, -0.1) is 0 Å². The van der Waals surface area contributed by atoms with Crippen LogP contribution < -0.4 is 10.6 Å². The molecule has 2 aromatic carbocycles. The summed E-state index contributed by atoms with van der Waals surface area (Å²) < 4.78 is 0. The molecule has 1 heterocycles. The van der Waals surface area contributed by atoms with Crippen molar-refractivity contribution in [2.45, 2.75) is 32.7 Å². The first-order chi connectivity index (χ1) is 13.1. The van der Waals surface area contributed by atoms with Crippen molar-refractivity contribution in [1.29, 1.82) is 0 Å². The molecule has 0 spiro atoms. The smallest absolute Gasteiger partial charge is 0.270 e. The predicted octanol–water partition coefficient (Wildman–Crippen LogP) is 4.40. The Morgan fingerprint density at radius 2 is 1.78 bits per heavy atom. The first-order valence-corrected chi connectivity index (χ1v) is 9.19. The molecular formula is C22H22N4O. The highest BCUT2D eigenvalue weighted by Crippen LogP contribution is 2.25. The molecule has 0 atom stereocenters. The predicted molar refractivity (Wildman–Crippen MR) is 107 cm³/mol. The maximum absolute atomic E-state index is 12.6. The number of benzene rings is 2. The van der Waals surface area contributed by atoms with Crippen LogP contribution in [0.4, 0.5) is 11.5 Å². The van der Waals surface area contributed by atoms with Gasteiger partial charge in [0.05, 0.1) is 0 Å². The van der Waals surface area contributed by atoms with Gasteiger partial charge in [-0.1, -0.05) is 42.5 Å². The molecular weight excluding hydrogens is 336 g/mol. The van der Waals surface area contributed by atoms with Crippen molar-refractivity contribution >= 4 is 17.4 Å². The molecule has 1 aliphatic carbocycles. The zero-order valence-electron chi connectivity index (χ0n) is 15.5. The molecule has 0 bridgehead atoms. The summed E-state index contributed by atoms with van der Waals surface area (Å²) in [5.41, 5.74) is 4.58. The summed E-state index contributed by atoms with van der Waals surface area (Å²) in [6, 6.07) is 17.8. The van der Waals surface area contributed by atoms with Gasteiger partial charge in [-0.2, -0.15) is 0 Å². The van der Waals surface area contributed by atoms with Crippen LogP contribution in [0.15, 0.2) is 54.6 Å². The largest absolute Gasteiger partial charge is 0.348 e. The third-order valence-corrected chi connectivity index (χ3v) is 4.77. The van der Waals surface area contributed by atoms with E-state index in [2.05, 4.69) is 40.5 Å². The fraction of sp³-hybridized carbons (Fsp3) is 0.227. The van der Waals surface area contributed by atoms with Gasteiger partial charge in [-0.3, -0.25) is 4.79 Å². The third-order valence-electron chi connectivity index (χ3n) is 4.77. The van der Waals surface area contributed by atoms with Crippen LogP contribution in [0.5, 0.6) is 0 Å². The molecule has 4 rings (SSSR count). The molecule has 27 heavy (non-hydrogen) atoms. The van der Waals surface area contributed by atoms with Crippen molar-refractivity contribution in [2.75, 3.05) is 5.32 Å². The second-order valence-corrected chi connectivity index (χ2v) is 6.95. The van der Waals surface area contributed by atoms with Gasteiger partial charge in [0.2, 0.25) is 0 Å². The molecule has 1 fully saturated rings. The number of carbonyl (C=O) groups is 1. The fourth-order valence-corrected chi connectivity index (χ4v) is 2.86. The van der Waals surface area contributed by atoms with E-state index in [4.69, 9.17) is 0 Å². The van der Waals surface area contributed by atoms with Crippen LogP contribution in [0.25, 0.3) is 11.4 Å². The van der Waals surface area contributed by atoms with E-state index >= 15 is 0 Å². The maximum atomic E-state index is 12.6. The molecule has 1 saturated carbocycles. The Labute approximate surface area is 158 Å². The Kier molecular flexibility index (Phi) is 4.59. The van der Waals surface area contributed by atoms with Gasteiger partial charge in [-0.25, -0.2) is 9.97 Å². The monoisotopic (exact) mass is 358 g/mol. The minimum absolute atomic E-state index is 0.152. The van der Waals surface area contributed by atoms with Gasteiger partial charge in [0.1, 0.15) is 11.5 Å². The van der Waals surface area contributed by atoms with Crippen LogP contribution in [0, 0.1) is 13.8 Å². The van der Waals surface area contributed by atoms with Crippen molar-refractivity contribution in [1.82, 2.24) is 15.3 Å². The van der Waals surface area contributed by atoms with Crippen molar-refractivity contribution in [3.05, 3.63) is 71.4 Å². The second-order valence-electron chi connectivity index (χ2n) is 6.95. The summed E-state index contributed by atoms with van der Waals surface area (Å²) in [4.78, 5) is 21.7. The molecule has 5 heteroatoms. The topological polar surface area (TPSA) is 66.9 Å². The zero-order chi connectivity index (χ0) is 18.8. The molecule has 0 radical (unpaired) electrons. The van der Waals surface area contributed by atoms with E-state index in [0.717, 1.165) is 29.7 Å². The number of nitrogens with zero attached hydrogens (tertiary/aromatic N) is 2. The number of nitrogens with one attached hydrogen (secondary N) is 2. The minimum atomic E-state index is -0.152. The average molecular weight is 358 g/mol. The highest BCUT2D eigenvalue weighted by atomic mass is 16.2. The SMILES string of the molecule is Cc1cccc(Nc2cc(C(=O)NC3CC3)nc(-c3ccccc3)n2)c1C. The highest BCUT2D eigenvalue weighted by Gasteiger charge is 2.25. The van der Waals surface area contributed by atoms with E-state index in [0.29, 0.717) is 17.3 Å². The second kappa shape index (κ2) is 7.19. The molecule has 3 aromatic rings. The number of hydrogen-bond acceptors (Lipinski definition) is 4. The van der Waals surface area contributed by atoms with Gasteiger partial charge in [0.15, 0.2) is 5.82 Å². The lowest BCUT2D eigenvalue weighted by atomic mass is 10.1. The van der Waals surface area contributed by atoms with Crippen LogP contribution >= 0.6 is 0 Å². The lowest BCUT2D eigenvalue weighted by molar-refractivity contribution is 0.0946. The van der Waals surface area contributed by atoms with Crippen LogP contribution in [-0.4, -0.2) is 21.9 Å². The number of hydrogen-bond donors (Lipinski definition) is 2. The van der Waals surface area contributed by atoms with Crippen LogP contribution in [-0.2, 0) is 0 Å². The lowest BCUT2D eigenvalue weighted by Gasteiger charge is -2.13. The van der Waals surface area contributed by atoms with E-state index in [1.54, 1.807) is 6.07 Å². The van der Waals surface area contributed by atoms with Crippen molar-refractivity contribution in [3.8, 4) is 11.4 Å². The Bertz CT molecular complexity index is 981. The Hall–Kier alpha value is -3.21. The lowest BCUT2D eigenvalue weighted by Crippen LogP contribution is -2.26. The molecule has 0 unspecified atom stereocenters. The Morgan fingerprint density at radius 3 is 2.52 bits per heavy atom. The first kappa shape index (κ1) is 17.2. The third kappa shape index (κ3) is 3.97. The van der Waals surface area contributed by atoms with Gasteiger partial charge in [-0.05, 0) is 43.9 Å². The van der Waals surface area contributed by atoms with Crippen LogP contribution in [0.3, 0.4) is 0 Å². The van der Waals surface area contributed by atoms with Crippen molar-refractivity contribution < 1.29 is 4.79 Å². The average Bonchev–Trinajstić information content (AvgIpc) is 3.50. The van der Waals surface area contributed by atoms with Crippen LogP contribution in [0.2, 0.25) is 0 Å².